The predicted molar refractivity (Wildman–Crippen MR) is 151 cm³/mol. The van der Waals surface area contributed by atoms with Crippen molar-refractivity contribution >= 4 is 32.8 Å². The second kappa shape index (κ2) is 10.7. The minimum atomic E-state index is -4.52. The van der Waals surface area contributed by atoms with E-state index in [0.29, 0.717) is 12.8 Å². The van der Waals surface area contributed by atoms with Gasteiger partial charge in [0.15, 0.2) is 10.7 Å². The molecule has 1 amide bonds. The van der Waals surface area contributed by atoms with Gasteiger partial charge in [0.25, 0.3) is 0 Å². The zero-order valence-electron chi connectivity index (χ0n) is 21.8. The average Bonchev–Trinajstić information content (AvgIpc) is 3.51. The summed E-state index contributed by atoms with van der Waals surface area (Å²) in [6.45, 7) is 2.84. The van der Waals surface area contributed by atoms with E-state index in [2.05, 4.69) is 15.9 Å². The van der Waals surface area contributed by atoms with Gasteiger partial charge in [-0.15, -0.1) is 0 Å². The van der Waals surface area contributed by atoms with Crippen LogP contribution in [-0.2, 0) is 10.3 Å². The number of para-hydroxylation sites is 1. The molecule has 0 saturated carbocycles. The first-order valence-electron chi connectivity index (χ1n) is 13.4. The number of nitrogens with one attached hydrogen (secondary N) is 1. The maximum absolute atomic E-state index is 12.8. The van der Waals surface area contributed by atoms with E-state index in [1.54, 1.807) is 11.3 Å². The van der Waals surface area contributed by atoms with Crippen molar-refractivity contribution in [2.75, 3.05) is 44.2 Å². The van der Waals surface area contributed by atoms with Gasteiger partial charge in [0.05, 0.1) is 10.2 Å². The van der Waals surface area contributed by atoms with Crippen molar-refractivity contribution < 1.29 is 22.7 Å². The fraction of sp³-hybridized carbons (Fsp3) is 0.333. The molecular weight excluding hydrogens is 537 g/mol. The molecule has 0 spiro atoms. The molecule has 1 N–H and O–H groups in total. The monoisotopic (exact) mass is 566 g/mol. The van der Waals surface area contributed by atoms with Crippen LogP contribution < -0.4 is 10.2 Å². The van der Waals surface area contributed by atoms with Crippen LogP contribution in [0.3, 0.4) is 0 Å². The number of halogens is 3. The summed E-state index contributed by atoms with van der Waals surface area (Å²) >= 11 is 1.71. The van der Waals surface area contributed by atoms with Crippen LogP contribution in [0.5, 0.6) is 0 Å². The third-order valence-electron chi connectivity index (χ3n) is 7.64. The third kappa shape index (κ3) is 5.25. The first-order chi connectivity index (χ1) is 19.3. The molecule has 0 unspecified atom stereocenters. The highest BCUT2D eigenvalue weighted by Gasteiger charge is 2.46. The van der Waals surface area contributed by atoms with E-state index in [0.717, 1.165) is 65.6 Å². The second-order valence-electron chi connectivity index (χ2n) is 10.2. The molecule has 4 aromatic rings. The van der Waals surface area contributed by atoms with Gasteiger partial charge in [-0.2, -0.15) is 13.2 Å². The van der Waals surface area contributed by atoms with Gasteiger partial charge in [-0.25, -0.2) is 9.78 Å². The summed E-state index contributed by atoms with van der Waals surface area (Å²) in [4.78, 5) is 22.2. The largest absolute Gasteiger partial charge is 0.433 e. The van der Waals surface area contributed by atoms with Gasteiger partial charge in [-0.3, -0.25) is 4.90 Å². The van der Waals surface area contributed by atoms with Crippen molar-refractivity contribution in [3.05, 3.63) is 83.9 Å². The Bertz CT molecular complexity index is 1440. The van der Waals surface area contributed by atoms with E-state index in [1.807, 2.05) is 72.0 Å². The number of benzene rings is 3. The Hall–Kier alpha value is -3.63. The Labute approximate surface area is 234 Å². The van der Waals surface area contributed by atoms with E-state index in [4.69, 9.17) is 9.72 Å². The summed E-state index contributed by atoms with van der Waals surface area (Å²) in [6.07, 6.45) is -4.44. The summed E-state index contributed by atoms with van der Waals surface area (Å²) in [5.41, 5.74) is 3.34. The van der Waals surface area contributed by atoms with Crippen LogP contribution in [0, 0.1) is 0 Å². The molecule has 1 saturated heterocycles. The molecule has 2 aliphatic rings. The van der Waals surface area contributed by atoms with Crippen molar-refractivity contribution in [1.82, 2.24) is 15.2 Å². The SMILES string of the molecule is O=C(NCC(F)(F)F)OC1(CCCN2CCN(c3nc4ccccc4s3)CC2)c2ccccc2-c2ccccc21. The molecule has 6 nitrogen and oxygen atoms in total. The van der Waals surface area contributed by atoms with Gasteiger partial charge in [-0.1, -0.05) is 72.0 Å². The number of fused-ring (bicyclic) bond motifs is 4. The zero-order chi connectivity index (χ0) is 27.7. The summed E-state index contributed by atoms with van der Waals surface area (Å²) in [5.74, 6) is 0. The molecule has 0 atom stereocenters. The Morgan fingerprint density at radius 3 is 2.20 bits per heavy atom. The molecule has 0 radical (unpaired) electrons. The Kier molecular flexibility index (Phi) is 7.14. The highest BCUT2D eigenvalue weighted by Crippen LogP contribution is 2.52. The van der Waals surface area contributed by atoms with E-state index >= 15 is 0 Å². The lowest BCUT2D eigenvalue weighted by Crippen LogP contribution is -2.47. The summed E-state index contributed by atoms with van der Waals surface area (Å²) in [5, 5.41) is 2.94. The molecule has 0 bridgehead atoms. The number of ether oxygens (including phenoxy) is 1. The van der Waals surface area contributed by atoms with Crippen LogP contribution in [0.15, 0.2) is 72.8 Å². The number of piperazine rings is 1. The van der Waals surface area contributed by atoms with E-state index in [-0.39, 0.29) is 0 Å². The number of anilines is 1. The molecule has 1 aromatic heterocycles. The fourth-order valence-electron chi connectivity index (χ4n) is 5.79. The first kappa shape index (κ1) is 26.6. The number of hydrogen-bond donors (Lipinski definition) is 1. The van der Waals surface area contributed by atoms with Crippen molar-refractivity contribution in [1.29, 1.82) is 0 Å². The smallest absolute Gasteiger partial charge is 0.408 e. The summed E-state index contributed by atoms with van der Waals surface area (Å²) in [6, 6.07) is 23.5. The van der Waals surface area contributed by atoms with E-state index < -0.39 is 24.4 Å². The number of carbonyl (C=O) groups is 1. The minimum absolute atomic E-state index is 0.457. The lowest BCUT2D eigenvalue weighted by molar-refractivity contribution is -0.124. The summed E-state index contributed by atoms with van der Waals surface area (Å²) < 4.78 is 45.6. The number of rotatable bonds is 7. The lowest BCUT2D eigenvalue weighted by atomic mass is 9.86. The van der Waals surface area contributed by atoms with Crippen molar-refractivity contribution in [2.24, 2.45) is 0 Å². The Morgan fingerprint density at radius 1 is 0.925 bits per heavy atom. The second-order valence-corrected chi connectivity index (χ2v) is 11.2. The maximum atomic E-state index is 12.8. The quantitative estimate of drug-likeness (QED) is 0.280. The molecule has 208 valence electrons. The van der Waals surface area contributed by atoms with Crippen LogP contribution in [-0.4, -0.2) is 61.4 Å². The standard InChI is InChI=1S/C30H29F3N4O2S/c31-30(32,33)20-34-28(38)39-29(23-10-3-1-8-21(23)22-9-2-4-11-24(22)29)14-7-15-36-16-18-37(19-17-36)27-35-25-12-5-6-13-26(25)40-27/h1-6,8-13H,7,14-20H2,(H,34,38). The molecule has 3 aromatic carbocycles. The highest BCUT2D eigenvalue weighted by atomic mass is 32.1. The van der Waals surface area contributed by atoms with Gasteiger partial charge in [-0.05, 0) is 42.6 Å². The Morgan fingerprint density at radius 2 is 1.55 bits per heavy atom. The maximum Gasteiger partial charge on any atom is 0.408 e. The number of nitrogens with zero attached hydrogens (tertiary/aromatic N) is 3. The normalized spacial score (nSPS) is 16.5. The van der Waals surface area contributed by atoms with Gasteiger partial charge >= 0.3 is 12.3 Å². The number of hydrogen-bond acceptors (Lipinski definition) is 6. The molecule has 1 fully saturated rings. The van der Waals surface area contributed by atoms with Gasteiger partial charge in [0.2, 0.25) is 0 Å². The van der Waals surface area contributed by atoms with Crippen molar-refractivity contribution in [3.63, 3.8) is 0 Å². The molecular formula is C30H29F3N4O2S. The molecule has 1 aliphatic heterocycles. The molecule has 10 heteroatoms. The number of aromatic nitrogens is 1. The van der Waals surface area contributed by atoms with Crippen LogP contribution in [0.1, 0.15) is 24.0 Å². The molecule has 6 rings (SSSR count). The van der Waals surface area contributed by atoms with Crippen LogP contribution in [0.4, 0.5) is 23.1 Å². The zero-order valence-corrected chi connectivity index (χ0v) is 22.6. The van der Waals surface area contributed by atoms with E-state index in [1.165, 1.54) is 4.70 Å². The van der Waals surface area contributed by atoms with Gasteiger partial charge < -0.3 is 15.0 Å². The number of alkyl halides is 3. The number of alkyl carbamates (subject to hydrolysis) is 1. The first-order valence-corrected chi connectivity index (χ1v) is 14.2. The van der Waals surface area contributed by atoms with E-state index in [9.17, 15) is 18.0 Å². The van der Waals surface area contributed by atoms with Gasteiger partial charge in [0, 0.05) is 37.3 Å². The predicted octanol–water partition coefficient (Wildman–Crippen LogP) is 6.41. The van der Waals surface area contributed by atoms with Crippen molar-refractivity contribution in [3.8, 4) is 11.1 Å². The number of thiazole rings is 1. The number of amides is 1. The minimum Gasteiger partial charge on any atom is -0.433 e. The molecule has 2 heterocycles. The highest BCUT2D eigenvalue weighted by molar-refractivity contribution is 7.22. The molecule has 1 aliphatic carbocycles. The van der Waals surface area contributed by atoms with Crippen LogP contribution in [0.2, 0.25) is 0 Å². The fourth-order valence-corrected chi connectivity index (χ4v) is 6.81. The molecule has 40 heavy (non-hydrogen) atoms. The van der Waals surface area contributed by atoms with Gasteiger partial charge in [0.1, 0.15) is 6.54 Å². The lowest BCUT2D eigenvalue weighted by Gasteiger charge is -2.36. The average molecular weight is 567 g/mol. The third-order valence-corrected chi connectivity index (χ3v) is 8.74. The van der Waals surface area contributed by atoms with Crippen molar-refractivity contribution in [2.45, 2.75) is 24.6 Å². The topological polar surface area (TPSA) is 57.7 Å². The van der Waals surface area contributed by atoms with Crippen LogP contribution >= 0.6 is 11.3 Å². The summed E-state index contributed by atoms with van der Waals surface area (Å²) in [7, 11) is 0. The Balaban J connectivity index is 1.15. The van der Waals surface area contributed by atoms with Crippen LogP contribution in [0.25, 0.3) is 21.3 Å². The number of carbonyl (C=O) groups excluding carboxylic acids is 1.